The zero-order valence-corrected chi connectivity index (χ0v) is 45.7. The predicted octanol–water partition coefficient (Wildman–Crippen LogP) is 23.3. The highest BCUT2D eigenvalue weighted by Crippen LogP contribution is 2.50. The van der Waals surface area contributed by atoms with Gasteiger partial charge in [0.25, 0.3) is 0 Å². The molecule has 386 valence electrons. The van der Waals surface area contributed by atoms with Crippen LogP contribution in [0, 0.1) is 0 Å². The molecule has 2 heterocycles. The van der Waals surface area contributed by atoms with Crippen molar-refractivity contribution in [3.8, 4) is 89.0 Å². The molecule has 0 spiro atoms. The third kappa shape index (κ3) is 9.27. The molecular weight excluding hydrogens is 981 g/mol. The van der Waals surface area contributed by atoms with Gasteiger partial charge in [-0.15, -0.1) is 6.58 Å². The predicted molar refractivity (Wildman–Crippen MR) is 347 cm³/mol. The lowest BCUT2D eigenvalue weighted by molar-refractivity contribution is 0.662. The maximum Gasteiger partial charge on any atom is 0.143 e. The first-order valence-electron chi connectivity index (χ1n) is 28.0. The lowest BCUT2D eigenvalue weighted by atomic mass is 9.86. The summed E-state index contributed by atoms with van der Waals surface area (Å²) in [5.41, 5.74) is 21.6. The lowest BCUT2D eigenvalue weighted by Crippen LogP contribution is -1.94. The minimum absolute atomic E-state index is 0.836. The van der Waals surface area contributed by atoms with Gasteiger partial charge in [0, 0.05) is 43.4 Å². The van der Waals surface area contributed by atoms with Crippen LogP contribution in [-0.4, -0.2) is 0 Å². The van der Waals surface area contributed by atoms with Gasteiger partial charge in [0.2, 0.25) is 0 Å². The van der Waals surface area contributed by atoms with Crippen LogP contribution in [0.4, 0.5) is 0 Å². The van der Waals surface area contributed by atoms with E-state index in [0.717, 1.165) is 110 Å². The van der Waals surface area contributed by atoms with Gasteiger partial charge in [0.15, 0.2) is 0 Å². The van der Waals surface area contributed by atoms with Crippen LogP contribution in [-0.2, 0) is 0 Å². The van der Waals surface area contributed by atoms with Gasteiger partial charge in [-0.1, -0.05) is 263 Å². The van der Waals surface area contributed by atoms with E-state index in [1.54, 1.807) is 6.08 Å². The first-order valence-corrected chi connectivity index (χ1v) is 28.0. The van der Waals surface area contributed by atoms with Crippen LogP contribution in [0.3, 0.4) is 0 Å². The Bertz CT molecular complexity index is 4400. The highest BCUT2D eigenvalue weighted by Gasteiger charge is 2.24. The van der Waals surface area contributed by atoms with E-state index in [4.69, 9.17) is 8.83 Å². The fraction of sp³-hybridized carbons (Fsp3) is 0.0380. The van der Waals surface area contributed by atoms with Crippen LogP contribution in [0.1, 0.15) is 20.8 Å². The monoisotopic (exact) mass is 1040 g/mol. The first kappa shape index (κ1) is 50.2. The zero-order valence-electron chi connectivity index (χ0n) is 45.7. The summed E-state index contributed by atoms with van der Waals surface area (Å²) >= 11 is 0. The average Bonchev–Trinajstić information content (AvgIpc) is 2.90. The van der Waals surface area contributed by atoms with Crippen molar-refractivity contribution in [2.75, 3.05) is 0 Å². The van der Waals surface area contributed by atoms with Crippen LogP contribution in [0.25, 0.3) is 154 Å². The van der Waals surface area contributed by atoms with Crippen LogP contribution in [0.5, 0.6) is 0 Å². The average molecular weight is 1040 g/mol. The number of benzene rings is 13. The normalized spacial score (nSPS) is 11.2. The van der Waals surface area contributed by atoms with Gasteiger partial charge in [0.05, 0.1) is 0 Å². The maximum absolute atomic E-state index is 7.35. The Kier molecular flexibility index (Phi) is 13.6. The van der Waals surface area contributed by atoms with Crippen molar-refractivity contribution in [1.29, 1.82) is 0 Å². The molecule has 0 N–H and O–H groups in total. The summed E-state index contributed by atoms with van der Waals surface area (Å²) in [6, 6.07) is 101. The van der Waals surface area contributed by atoms with Crippen molar-refractivity contribution < 1.29 is 8.83 Å². The van der Waals surface area contributed by atoms with Crippen LogP contribution in [0.15, 0.2) is 301 Å². The van der Waals surface area contributed by atoms with Gasteiger partial charge in [-0.25, -0.2) is 0 Å². The SMILES string of the molecule is C=CC.CC.c1ccc(-c2ccc(-c3cc(-c4ccc(-c5ccccc5)cc4)c4oc5cccc6c5c(c4c3)c3cccc4oc5c(-c7ccc(-c8ccccc8)cc7)cc(-c7ccc(-c8ccccc8)cc7)cc5c6c43)cc2)cc1. The fourth-order valence-corrected chi connectivity index (χ4v) is 11.7. The molecule has 0 aliphatic carbocycles. The van der Waals surface area contributed by atoms with E-state index in [1.807, 2.05) is 20.8 Å². The molecule has 0 saturated carbocycles. The number of hydrogen-bond acceptors (Lipinski definition) is 2. The Hall–Kier alpha value is -10.3. The summed E-state index contributed by atoms with van der Waals surface area (Å²) in [6.07, 6.45) is 1.75. The highest BCUT2D eigenvalue weighted by molar-refractivity contribution is 6.40. The maximum atomic E-state index is 7.35. The zero-order chi connectivity index (χ0) is 54.8. The molecule has 2 aromatic heterocycles. The number of fused-ring (bicyclic) bond motifs is 6. The number of rotatable bonds is 8. The first-order chi connectivity index (χ1) is 40.1. The van der Waals surface area contributed by atoms with Gasteiger partial charge >= 0.3 is 0 Å². The third-order valence-corrected chi connectivity index (χ3v) is 15.5. The van der Waals surface area contributed by atoms with Crippen LogP contribution in [0.2, 0.25) is 0 Å². The Balaban J connectivity index is 0.00000120. The second-order valence-corrected chi connectivity index (χ2v) is 20.3. The van der Waals surface area contributed by atoms with E-state index in [1.165, 1.54) is 44.5 Å². The molecule has 0 aliphatic rings. The molecule has 0 aliphatic heterocycles. The minimum atomic E-state index is 0.836. The van der Waals surface area contributed by atoms with Crippen LogP contribution >= 0.6 is 0 Å². The van der Waals surface area contributed by atoms with E-state index in [0.29, 0.717) is 0 Å². The van der Waals surface area contributed by atoms with Crippen LogP contribution < -0.4 is 0 Å². The molecule has 15 rings (SSSR count). The van der Waals surface area contributed by atoms with Gasteiger partial charge in [0.1, 0.15) is 22.3 Å². The Morgan fingerprint density at radius 3 is 0.778 bits per heavy atom. The Morgan fingerprint density at radius 2 is 0.494 bits per heavy atom. The second-order valence-electron chi connectivity index (χ2n) is 20.3. The quantitative estimate of drug-likeness (QED) is 0.0861. The van der Waals surface area contributed by atoms with E-state index in [9.17, 15) is 0 Å². The second kappa shape index (κ2) is 21.9. The molecule has 0 atom stereocenters. The summed E-state index contributed by atoms with van der Waals surface area (Å²) in [4.78, 5) is 0. The molecule has 13 aromatic carbocycles. The third-order valence-electron chi connectivity index (χ3n) is 15.5. The largest absolute Gasteiger partial charge is 0.455 e. The summed E-state index contributed by atoms with van der Waals surface area (Å²) in [6.45, 7) is 9.25. The van der Waals surface area contributed by atoms with Crippen molar-refractivity contribution in [1.82, 2.24) is 0 Å². The fourth-order valence-electron chi connectivity index (χ4n) is 11.7. The van der Waals surface area contributed by atoms with Crippen molar-refractivity contribution in [3.63, 3.8) is 0 Å². The molecule has 0 radical (unpaired) electrons. The lowest BCUT2D eigenvalue weighted by Gasteiger charge is -2.20. The van der Waals surface area contributed by atoms with Crippen molar-refractivity contribution in [2.45, 2.75) is 20.8 Å². The van der Waals surface area contributed by atoms with Crippen molar-refractivity contribution >= 4 is 65.4 Å². The van der Waals surface area contributed by atoms with E-state index >= 15 is 0 Å². The van der Waals surface area contributed by atoms with E-state index in [-0.39, 0.29) is 0 Å². The minimum Gasteiger partial charge on any atom is -0.455 e. The summed E-state index contributed by atoms with van der Waals surface area (Å²) in [7, 11) is 0. The van der Waals surface area contributed by atoms with E-state index in [2.05, 4.69) is 286 Å². The van der Waals surface area contributed by atoms with Gasteiger partial charge in [-0.3, -0.25) is 0 Å². The molecule has 0 unspecified atom stereocenters. The summed E-state index contributed by atoms with van der Waals surface area (Å²) < 4.78 is 14.7. The van der Waals surface area contributed by atoms with Gasteiger partial charge in [-0.05, 0) is 132 Å². The number of hydrogen-bond donors (Lipinski definition) is 0. The van der Waals surface area contributed by atoms with Gasteiger partial charge < -0.3 is 8.83 Å². The standard InChI is InChI=1S/C74H46O2.C3H6.C2H6/c1-5-15-47(16-6-1)51-27-31-55(32-28-51)59-43-63(57-39-35-53(36-40-57)49-19-9-3-10-20-49)73-65(45-59)69-61-23-13-26-68-72(61)70(62-24-14-25-67(75-73)71(62)69)66-46-60(56-33-29-52(30-34-56)48-17-7-2-8-18-48)44-64(74(66)76-68)58-41-37-54(38-42-58)50-21-11-4-12-22-50;1-3-2;1-2/h1-46H;3H,1H2,2H3;1-2H3. The molecule has 2 heteroatoms. The summed E-state index contributed by atoms with van der Waals surface area (Å²) in [5, 5.41) is 8.83. The number of allylic oxidation sites excluding steroid dienone is 1. The molecule has 81 heavy (non-hydrogen) atoms. The van der Waals surface area contributed by atoms with E-state index < -0.39 is 0 Å². The summed E-state index contributed by atoms with van der Waals surface area (Å²) in [5.74, 6) is 0. The van der Waals surface area contributed by atoms with Gasteiger partial charge in [-0.2, -0.15) is 0 Å². The topological polar surface area (TPSA) is 26.3 Å². The molecule has 0 saturated heterocycles. The Morgan fingerprint density at radius 1 is 0.247 bits per heavy atom. The molecule has 15 aromatic rings. The molecule has 2 nitrogen and oxygen atoms in total. The Labute approximate surface area is 473 Å². The molecule has 0 fully saturated rings. The van der Waals surface area contributed by atoms with Crippen molar-refractivity contribution in [3.05, 3.63) is 292 Å². The molecule has 0 amide bonds. The highest BCUT2D eigenvalue weighted by atomic mass is 16.3. The molecular formula is C79H58O2. The smallest absolute Gasteiger partial charge is 0.143 e. The molecule has 0 bridgehead atoms. The van der Waals surface area contributed by atoms with Crippen molar-refractivity contribution in [2.24, 2.45) is 0 Å².